The number of hydrogen-bond acceptors (Lipinski definition) is 4. The summed E-state index contributed by atoms with van der Waals surface area (Å²) < 4.78 is 1.28. The molecule has 1 aliphatic heterocycles. The Bertz CT molecular complexity index is 829. The first-order valence-corrected chi connectivity index (χ1v) is 10.4. The number of fused-ring (bicyclic) bond motifs is 1. The third-order valence-electron chi connectivity index (χ3n) is 4.73. The van der Waals surface area contributed by atoms with Crippen LogP contribution in [0, 0.1) is 0 Å². The number of thiophene rings is 2. The topological polar surface area (TPSA) is 23.6 Å². The smallest absolute Gasteiger partial charge is 0.264 e. The Hall–Kier alpha value is -1.69. The minimum Gasteiger partial charge on any atom is -0.335 e. The molecule has 5 heteroatoms. The maximum Gasteiger partial charge on any atom is 0.264 e. The van der Waals surface area contributed by atoms with E-state index in [9.17, 15) is 4.79 Å². The highest BCUT2D eigenvalue weighted by atomic mass is 32.2. The van der Waals surface area contributed by atoms with Crippen LogP contribution >= 0.6 is 22.7 Å². The predicted molar refractivity (Wildman–Crippen MR) is 107 cm³/mol. The number of hydrogen-bond donors (Lipinski definition) is 0. The number of carbonyl (C=O) groups is 1. The van der Waals surface area contributed by atoms with Crippen molar-refractivity contribution < 1.29 is 4.79 Å². The summed E-state index contributed by atoms with van der Waals surface area (Å²) in [5.41, 5.74) is 1.34. The maximum atomic E-state index is 12.8. The highest BCUT2D eigenvalue weighted by molar-refractivity contribution is 7.39. The van der Waals surface area contributed by atoms with E-state index in [1.807, 2.05) is 16.2 Å². The van der Waals surface area contributed by atoms with Crippen LogP contribution in [0.15, 0.2) is 42.5 Å². The van der Waals surface area contributed by atoms with Crippen LogP contribution in [-0.2, 0) is 13.0 Å². The van der Waals surface area contributed by atoms with Gasteiger partial charge in [-0.3, -0.25) is 9.69 Å². The van der Waals surface area contributed by atoms with Crippen molar-refractivity contribution in [2.24, 2.45) is 0 Å². The molecule has 0 atom stereocenters. The molecular weight excluding hydrogens is 348 g/mol. The van der Waals surface area contributed by atoms with Crippen molar-refractivity contribution in [2.45, 2.75) is 19.9 Å². The number of rotatable bonds is 4. The summed E-state index contributed by atoms with van der Waals surface area (Å²) in [6.07, 6.45) is 1.07. The highest BCUT2D eigenvalue weighted by Crippen LogP contribution is 2.34. The molecule has 0 spiro atoms. The zero-order valence-corrected chi connectivity index (χ0v) is 16.0. The van der Waals surface area contributed by atoms with Gasteiger partial charge in [0, 0.05) is 43.0 Å². The van der Waals surface area contributed by atoms with Gasteiger partial charge in [-0.25, -0.2) is 0 Å². The standard InChI is InChI=1S/C20H22N2OS2/c1-2-17-12-16-13-18(25-20(16)24-17)19(23)22-10-8-21(9-11-22)14-15-6-4-3-5-7-15/h3-7,12-13H,2,8-11,14H2,1H3. The van der Waals surface area contributed by atoms with Crippen molar-refractivity contribution in [1.29, 1.82) is 0 Å². The zero-order chi connectivity index (χ0) is 17.2. The summed E-state index contributed by atoms with van der Waals surface area (Å²) in [5.74, 6) is 0.200. The Kier molecular flexibility index (Phi) is 4.88. The maximum absolute atomic E-state index is 12.8. The first-order chi connectivity index (χ1) is 12.2. The molecule has 1 saturated heterocycles. The number of aryl methyl sites for hydroxylation is 1. The molecule has 2 aromatic heterocycles. The first-order valence-electron chi connectivity index (χ1n) is 8.80. The molecule has 1 aliphatic rings. The summed E-state index contributed by atoms with van der Waals surface area (Å²) in [6.45, 7) is 6.67. The molecule has 0 bridgehead atoms. The van der Waals surface area contributed by atoms with E-state index in [4.69, 9.17) is 0 Å². The third kappa shape index (κ3) is 3.64. The average molecular weight is 371 g/mol. The van der Waals surface area contributed by atoms with Gasteiger partial charge in [-0.15, -0.1) is 22.7 Å². The quantitative estimate of drug-likeness (QED) is 0.676. The summed E-state index contributed by atoms with van der Waals surface area (Å²) >= 11 is 3.48. The second kappa shape index (κ2) is 7.28. The summed E-state index contributed by atoms with van der Waals surface area (Å²) in [5, 5.41) is 1.23. The SMILES string of the molecule is CCc1cc2cc(C(=O)N3CCN(Cc4ccccc4)CC3)sc2s1. The predicted octanol–water partition coefficient (Wildman–Crippen LogP) is 4.48. The second-order valence-corrected chi connectivity index (χ2v) is 8.92. The van der Waals surface area contributed by atoms with Crippen LogP contribution < -0.4 is 0 Å². The van der Waals surface area contributed by atoms with E-state index in [0.717, 1.165) is 44.0 Å². The molecule has 1 aromatic carbocycles. The molecule has 0 radical (unpaired) electrons. The van der Waals surface area contributed by atoms with E-state index < -0.39 is 0 Å². The fourth-order valence-corrected chi connectivity index (χ4v) is 5.68. The molecule has 1 amide bonds. The van der Waals surface area contributed by atoms with Gasteiger partial charge in [-0.1, -0.05) is 37.3 Å². The van der Waals surface area contributed by atoms with Crippen molar-refractivity contribution in [1.82, 2.24) is 9.80 Å². The van der Waals surface area contributed by atoms with Gasteiger partial charge in [0.1, 0.15) is 0 Å². The largest absolute Gasteiger partial charge is 0.335 e. The van der Waals surface area contributed by atoms with E-state index in [2.05, 4.69) is 54.3 Å². The van der Waals surface area contributed by atoms with Crippen LogP contribution in [0.5, 0.6) is 0 Å². The third-order valence-corrected chi connectivity index (χ3v) is 7.26. The molecule has 4 rings (SSSR count). The molecule has 130 valence electrons. The van der Waals surface area contributed by atoms with E-state index in [0.29, 0.717) is 0 Å². The monoisotopic (exact) mass is 370 g/mol. The number of benzene rings is 1. The number of carbonyl (C=O) groups excluding carboxylic acids is 1. The minimum absolute atomic E-state index is 0.200. The Morgan fingerprint density at radius 3 is 2.48 bits per heavy atom. The van der Waals surface area contributed by atoms with Crippen LogP contribution in [0.25, 0.3) is 9.40 Å². The van der Waals surface area contributed by atoms with Crippen molar-refractivity contribution in [3.8, 4) is 0 Å². The van der Waals surface area contributed by atoms with E-state index in [1.54, 1.807) is 11.3 Å². The lowest BCUT2D eigenvalue weighted by Gasteiger charge is -2.34. The Balaban J connectivity index is 1.37. The number of amides is 1. The van der Waals surface area contributed by atoms with E-state index in [1.165, 1.54) is 19.8 Å². The minimum atomic E-state index is 0.200. The van der Waals surface area contributed by atoms with Crippen molar-refractivity contribution in [3.63, 3.8) is 0 Å². The highest BCUT2D eigenvalue weighted by Gasteiger charge is 2.23. The summed E-state index contributed by atoms with van der Waals surface area (Å²) in [4.78, 5) is 19.5. The van der Waals surface area contributed by atoms with Gasteiger partial charge in [0.15, 0.2) is 0 Å². The molecule has 0 aliphatic carbocycles. The molecule has 3 heterocycles. The molecule has 0 N–H and O–H groups in total. The van der Waals surface area contributed by atoms with Gasteiger partial charge < -0.3 is 4.90 Å². The van der Waals surface area contributed by atoms with Gasteiger partial charge in [0.25, 0.3) is 5.91 Å². The lowest BCUT2D eigenvalue weighted by atomic mass is 10.2. The molecule has 0 saturated carbocycles. The molecule has 1 fully saturated rings. The van der Waals surface area contributed by atoms with Crippen LogP contribution in [0.4, 0.5) is 0 Å². The van der Waals surface area contributed by atoms with E-state index >= 15 is 0 Å². The fraction of sp³-hybridized carbons (Fsp3) is 0.350. The van der Waals surface area contributed by atoms with Gasteiger partial charge >= 0.3 is 0 Å². The van der Waals surface area contributed by atoms with Crippen LogP contribution in [-0.4, -0.2) is 41.9 Å². The first kappa shape index (κ1) is 16.8. The Morgan fingerprint density at radius 2 is 1.80 bits per heavy atom. The average Bonchev–Trinajstić information content (AvgIpc) is 3.21. The van der Waals surface area contributed by atoms with Gasteiger partial charge in [-0.2, -0.15) is 0 Å². The van der Waals surface area contributed by atoms with Crippen molar-refractivity contribution in [3.05, 3.63) is 57.8 Å². The lowest BCUT2D eigenvalue weighted by Crippen LogP contribution is -2.48. The van der Waals surface area contributed by atoms with Gasteiger partial charge in [-0.05, 0) is 24.1 Å². The number of nitrogens with zero attached hydrogens (tertiary/aromatic N) is 2. The second-order valence-electron chi connectivity index (χ2n) is 6.47. The number of piperazine rings is 1. The normalized spacial score (nSPS) is 15.8. The Morgan fingerprint density at radius 1 is 1.04 bits per heavy atom. The zero-order valence-electron chi connectivity index (χ0n) is 14.4. The fourth-order valence-electron chi connectivity index (χ4n) is 3.28. The summed E-state index contributed by atoms with van der Waals surface area (Å²) in [7, 11) is 0. The van der Waals surface area contributed by atoms with E-state index in [-0.39, 0.29) is 5.91 Å². The van der Waals surface area contributed by atoms with Gasteiger partial charge in [0.2, 0.25) is 0 Å². The van der Waals surface area contributed by atoms with Crippen molar-refractivity contribution >= 4 is 38.0 Å². The molecule has 25 heavy (non-hydrogen) atoms. The molecular formula is C20H22N2OS2. The van der Waals surface area contributed by atoms with Gasteiger partial charge in [0.05, 0.1) is 8.89 Å². The molecule has 3 aromatic rings. The van der Waals surface area contributed by atoms with Crippen molar-refractivity contribution in [2.75, 3.05) is 26.2 Å². The molecule has 3 nitrogen and oxygen atoms in total. The molecule has 0 unspecified atom stereocenters. The lowest BCUT2D eigenvalue weighted by molar-refractivity contribution is 0.0633. The van der Waals surface area contributed by atoms with Crippen LogP contribution in [0.2, 0.25) is 0 Å². The summed E-state index contributed by atoms with van der Waals surface area (Å²) in [6, 6.07) is 14.9. The van der Waals surface area contributed by atoms with Crippen LogP contribution in [0.1, 0.15) is 27.0 Å². The van der Waals surface area contributed by atoms with Crippen LogP contribution in [0.3, 0.4) is 0 Å². The Labute approximate surface area is 156 Å².